The van der Waals surface area contributed by atoms with Gasteiger partial charge in [0.25, 0.3) is 0 Å². The standard InChI is InChI=1S/C29H40/c1-10-14-23-19-28(29(7,8)9)22(11-2)18-27(23)21(6)17-24-16-15-20(5)25(12-3)26(24)13-4/h13,15-19H,6,10-12,14H2,1-5,7-9H3/b24-17-,26-13+. The molecule has 0 saturated carbocycles. The molecule has 2 rings (SSSR count). The average Bonchev–Trinajstić information content (AvgIpc) is 2.68. The molecule has 0 atom stereocenters. The van der Waals surface area contributed by atoms with Crippen molar-refractivity contribution in [3.63, 3.8) is 0 Å². The molecule has 0 aliphatic heterocycles. The van der Waals surface area contributed by atoms with Crippen molar-refractivity contribution in [3.8, 4) is 0 Å². The highest BCUT2D eigenvalue weighted by Gasteiger charge is 2.20. The second-order valence-electron chi connectivity index (χ2n) is 9.20. The van der Waals surface area contributed by atoms with Crippen LogP contribution in [-0.4, -0.2) is 0 Å². The Kier molecular flexibility index (Phi) is 7.69. The van der Waals surface area contributed by atoms with Gasteiger partial charge in [-0.2, -0.15) is 0 Å². The van der Waals surface area contributed by atoms with Gasteiger partial charge in [0.15, 0.2) is 0 Å². The number of hydrogen-bond donors (Lipinski definition) is 0. The van der Waals surface area contributed by atoms with Crippen LogP contribution in [-0.2, 0) is 24.7 Å². The van der Waals surface area contributed by atoms with Crippen LogP contribution < -0.4 is 10.4 Å². The average molecular weight is 389 g/mol. The Labute approximate surface area is 179 Å². The van der Waals surface area contributed by atoms with Gasteiger partial charge in [-0.05, 0) is 94.0 Å². The summed E-state index contributed by atoms with van der Waals surface area (Å²) in [5, 5.41) is 2.63. The molecule has 156 valence electrons. The van der Waals surface area contributed by atoms with Crippen LogP contribution in [0, 0.1) is 6.92 Å². The Hall–Kier alpha value is -2.08. The van der Waals surface area contributed by atoms with Crippen LogP contribution in [0.25, 0.3) is 17.7 Å². The van der Waals surface area contributed by atoms with Crippen LogP contribution in [0.1, 0.15) is 88.3 Å². The molecule has 0 bridgehead atoms. The molecule has 0 spiro atoms. The van der Waals surface area contributed by atoms with E-state index in [0.29, 0.717) is 0 Å². The Morgan fingerprint density at radius 2 is 1.69 bits per heavy atom. The SMILES string of the molecule is C=C(/C=c1/ccc(C)c(CC)/c1=C/C)c1cc(CC)c(C(C)(C)C)cc1CCC. The van der Waals surface area contributed by atoms with Crippen LogP contribution in [0.5, 0.6) is 0 Å². The number of hydrogen-bond acceptors (Lipinski definition) is 0. The number of benzene rings is 2. The summed E-state index contributed by atoms with van der Waals surface area (Å²) < 4.78 is 0. The van der Waals surface area contributed by atoms with E-state index in [1.54, 1.807) is 0 Å². The first-order chi connectivity index (χ1) is 13.7. The van der Waals surface area contributed by atoms with Crippen LogP contribution in [0.2, 0.25) is 0 Å². The van der Waals surface area contributed by atoms with Crippen molar-refractivity contribution in [2.24, 2.45) is 0 Å². The molecule has 0 radical (unpaired) electrons. The minimum Gasteiger partial charge on any atom is -0.0911 e. The summed E-state index contributed by atoms with van der Waals surface area (Å²) in [5.41, 5.74) is 9.77. The quantitative estimate of drug-likeness (QED) is 0.519. The maximum atomic E-state index is 4.51. The Balaban J connectivity index is 2.72. The summed E-state index contributed by atoms with van der Waals surface area (Å²) in [5.74, 6) is 0. The van der Waals surface area contributed by atoms with E-state index in [1.165, 1.54) is 43.8 Å². The molecule has 0 nitrogen and oxygen atoms in total. The topological polar surface area (TPSA) is 0 Å². The molecule has 0 N–H and O–H groups in total. The fourth-order valence-electron chi connectivity index (χ4n) is 4.45. The van der Waals surface area contributed by atoms with Gasteiger partial charge in [-0.3, -0.25) is 0 Å². The van der Waals surface area contributed by atoms with Crippen LogP contribution in [0.3, 0.4) is 0 Å². The van der Waals surface area contributed by atoms with Crippen LogP contribution in [0.15, 0.2) is 30.8 Å². The van der Waals surface area contributed by atoms with Crippen molar-refractivity contribution in [3.05, 3.63) is 74.7 Å². The van der Waals surface area contributed by atoms with Gasteiger partial charge in [-0.15, -0.1) is 0 Å². The second-order valence-corrected chi connectivity index (χ2v) is 9.20. The van der Waals surface area contributed by atoms with E-state index in [4.69, 9.17) is 0 Å². The van der Waals surface area contributed by atoms with Crippen molar-refractivity contribution >= 4 is 17.7 Å². The zero-order valence-corrected chi connectivity index (χ0v) is 20.0. The summed E-state index contributed by atoms with van der Waals surface area (Å²) >= 11 is 0. The number of rotatable bonds is 6. The lowest BCUT2D eigenvalue weighted by atomic mass is 9.79. The molecule has 0 saturated heterocycles. The highest BCUT2D eigenvalue weighted by Crippen LogP contribution is 2.32. The Morgan fingerprint density at radius 1 is 1.00 bits per heavy atom. The number of aryl methyl sites for hydroxylation is 3. The van der Waals surface area contributed by atoms with E-state index < -0.39 is 0 Å². The van der Waals surface area contributed by atoms with Gasteiger partial charge in [0.05, 0.1) is 0 Å². The summed E-state index contributed by atoms with van der Waals surface area (Å²) in [6, 6.07) is 9.36. The molecule has 0 fully saturated rings. The fourth-order valence-corrected chi connectivity index (χ4v) is 4.45. The van der Waals surface area contributed by atoms with Gasteiger partial charge in [0.1, 0.15) is 0 Å². The monoisotopic (exact) mass is 388 g/mol. The van der Waals surface area contributed by atoms with Gasteiger partial charge < -0.3 is 0 Å². The molecule has 29 heavy (non-hydrogen) atoms. The molecular formula is C29H40. The van der Waals surface area contributed by atoms with E-state index in [-0.39, 0.29) is 5.41 Å². The lowest BCUT2D eigenvalue weighted by Gasteiger charge is -2.25. The smallest absolute Gasteiger partial charge is 0.0129 e. The van der Waals surface area contributed by atoms with Crippen molar-refractivity contribution in [1.29, 1.82) is 0 Å². The van der Waals surface area contributed by atoms with E-state index in [2.05, 4.69) is 98.4 Å². The first-order valence-electron chi connectivity index (χ1n) is 11.3. The summed E-state index contributed by atoms with van der Waals surface area (Å²) in [6.07, 6.45) is 8.89. The Bertz CT molecular complexity index is 994. The summed E-state index contributed by atoms with van der Waals surface area (Å²) in [4.78, 5) is 0. The molecule has 0 aliphatic rings. The van der Waals surface area contributed by atoms with Crippen molar-refractivity contribution in [2.75, 3.05) is 0 Å². The first-order valence-corrected chi connectivity index (χ1v) is 11.3. The molecule has 0 unspecified atom stereocenters. The molecule has 2 aromatic carbocycles. The molecule has 0 heterocycles. The summed E-state index contributed by atoms with van der Waals surface area (Å²) in [7, 11) is 0. The zero-order chi connectivity index (χ0) is 21.8. The molecule has 2 aromatic rings. The number of allylic oxidation sites excluding steroid dienone is 1. The Morgan fingerprint density at radius 3 is 2.21 bits per heavy atom. The highest BCUT2D eigenvalue weighted by atomic mass is 14.2. The highest BCUT2D eigenvalue weighted by molar-refractivity contribution is 5.88. The second kappa shape index (κ2) is 9.61. The molecule has 0 amide bonds. The minimum absolute atomic E-state index is 0.161. The maximum Gasteiger partial charge on any atom is -0.0129 e. The third-order valence-corrected chi connectivity index (χ3v) is 5.98. The fraction of sp³-hybridized carbons (Fsp3) is 0.448. The molecule has 0 aromatic heterocycles. The minimum atomic E-state index is 0.161. The van der Waals surface area contributed by atoms with Gasteiger partial charge in [-0.1, -0.05) is 84.9 Å². The first kappa shape index (κ1) is 23.2. The van der Waals surface area contributed by atoms with Gasteiger partial charge in [0.2, 0.25) is 0 Å². The predicted octanol–water partition coefficient (Wildman–Crippen LogP) is 6.66. The summed E-state index contributed by atoms with van der Waals surface area (Å²) in [6.45, 7) is 22.6. The third-order valence-electron chi connectivity index (χ3n) is 5.98. The molecule has 0 heteroatoms. The van der Waals surface area contributed by atoms with E-state index in [1.807, 2.05) is 0 Å². The normalized spacial score (nSPS) is 13.2. The lowest BCUT2D eigenvalue weighted by Crippen LogP contribution is -2.29. The molecule has 0 aliphatic carbocycles. The van der Waals surface area contributed by atoms with E-state index in [9.17, 15) is 0 Å². The van der Waals surface area contributed by atoms with Crippen LogP contribution >= 0.6 is 0 Å². The zero-order valence-electron chi connectivity index (χ0n) is 20.0. The van der Waals surface area contributed by atoms with Crippen LogP contribution in [0.4, 0.5) is 0 Å². The predicted molar refractivity (Wildman–Crippen MR) is 132 cm³/mol. The van der Waals surface area contributed by atoms with Gasteiger partial charge in [-0.25, -0.2) is 0 Å². The maximum absolute atomic E-state index is 4.51. The van der Waals surface area contributed by atoms with Crippen molar-refractivity contribution < 1.29 is 0 Å². The van der Waals surface area contributed by atoms with Crippen molar-refractivity contribution in [1.82, 2.24) is 0 Å². The van der Waals surface area contributed by atoms with Gasteiger partial charge >= 0.3 is 0 Å². The van der Waals surface area contributed by atoms with Crippen molar-refractivity contribution in [2.45, 2.75) is 86.5 Å². The largest absolute Gasteiger partial charge is 0.0911 e. The lowest BCUT2D eigenvalue weighted by molar-refractivity contribution is 0.582. The van der Waals surface area contributed by atoms with Gasteiger partial charge in [0, 0.05) is 0 Å². The van der Waals surface area contributed by atoms with E-state index in [0.717, 1.165) is 31.3 Å². The third kappa shape index (κ3) is 5.10. The molecular weight excluding hydrogens is 348 g/mol. The van der Waals surface area contributed by atoms with E-state index >= 15 is 0 Å².